The minimum absolute atomic E-state index is 0.0784. The molecule has 0 heterocycles. The average Bonchev–Trinajstić information content (AvgIpc) is 2.29. The largest absolute Gasteiger partial charge is 0.295 e. The molecule has 1 atom stereocenters. The van der Waals surface area contributed by atoms with Gasteiger partial charge < -0.3 is 0 Å². The highest BCUT2D eigenvalue weighted by Gasteiger charge is 2.17. The van der Waals surface area contributed by atoms with Crippen LogP contribution in [0.2, 0.25) is 0 Å². The fraction of sp³-hybridized carbons (Fsp3) is 0.692. The van der Waals surface area contributed by atoms with E-state index in [1.807, 2.05) is 0 Å². The normalized spacial score (nSPS) is 17.7. The molecule has 0 amide bonds. The van der Waals surface area contributed by atoms with E-state index in [2.05, 4.69) is 19.1 Å². The van der Waals surface area contributed by atoms with Gasteiger partial charge in [-0.3, -0.25) is 4.79 Å². The molecule has 0 unspecified atom stereocenters. The lowest BCUT2D eigenvalue weighted by atomic mass is 9.90. The Balaban J connectivity index is 2.46. The van der Waals surface area contributed by atoms with Crippen LogP contribution in [0.15, 0.2) is 11.6 Å². The van der Waals surface area contributed by atoms with Crippen molar-refractivity contribution in [2.24, 2.45) is 5.92 Å². The first kappa shape index (κ1) is 12.0. The summed E-state index contributed by atoms with van der Waals surface area (Å²) in [4.78, 5) is 11.8. The first-order chi connectivity index (χ1) is 7.27. The SMILES string of the molecule is CCC[C@H](C#N)CC(=O)C1=CCCCC1. The van der Waals surface area contributed by atoms with Crippen LogP contribution in [0.1, 0.15) is 51.9 Å². The minimum atomic E-state index is -0.0784. The highest BCUT2D eigenvalue weighted by atomic mass is 16.1. The lowest BCUT2D eigenvalue weighted by Gasteiger charge is -2.13. The molecule has 0 aliphatic heterocycles. The lowest BCUT2D eigenvalue weighted by molar-refractivity contribution is -0.116. The number of rotatable bonds is 5. The van der Waals surface area contributed by atoms with Crippen molar-refractivity contribution in [3.8, 4) is 6.07 Å². The summed E-state index contributed by atoms with van der Waals surface area (Å²) < 4.78 is 0. The molecule has 0 aromatic carbocycles. The van der Waals surface area contributed by atoms with E-state index >= 15 is 0 Å². The topological polar surface area (TPSA) is 40.9 Å². The van der Waals surface area contributed by atoms with Crippen LogP contribution in [-0.2, 0) is 4.79 Å². The van der Waals surface area contributed by atoms with Crippen LogP contribution in [0.25, 0.3) is 0 Å². The molecule has 0 N–H and O–H groups in total. The number of carbonyl (C=O) groups is 1. The fourth-order valence-corrected chi connectivity index (χ4v) is 2.01. The Morgan fingerprint density at radius 3 is 2.93 bits per heavy atom. The van der Waals surface area contributed by atoms with E-state index in [-0.39, 0.29) is 11.7 Å². The summed E-state index contributed by atoms with van der Waals surface area (Å²) in [6.45, 7) is 2.05. The van der Waals surface area contributed by atoms with Crippen molar-refractivity contribution in [3.63, 3.8) is 0 Å². The van der Waals surface area contributed by atoms with E-state index in [0.717, 1.165) is 37.7 Å². The molecule has 1 aliphatic carbocycles. The number of hydrogen-bond acceptors (Lipinski definition) is 2. The van der Waals surface area contributed by atoms with Crippen LogP contribution < -0.4 is 0 Å². The quantitative estimate of drug-likeness (QED) is 0.690. The van der Waals surface area contributed by atoms with Gasteiger partial charge in [-0.2, -0.15) is 5.26 Å². The Morgan fingerprint density at radius 2 is 2.40 bits per heavy atom. The number of carbonyl (C=O) groups excluding carboxylic acids is 1. The van der Waals surface area contributed by atoms with Gasteiger partial charge in [0.1, 0.15) is 0 Å². The Kier molecular flexibility index (Phi) is 5.10. The molecule has 0 saturated carbocycles. The molecule has 0 aromatic heterocycles. The number of nitriles is 1. The van der Waals surface area contributed by atoms with Gasteiger partial charge in [0.2, 0.25) is 0 Å². The molecule has 15 heavy (non-hydrogen) atoms. The summed E-state index contributed by atoms with van der Waals surface area (Å²) in [6, 6.07) is 2.22. The van der Waals surface area contributed by atoms with Gasteiger partial charge in [0.15, 0.2) is 5.78 Å². The maximum atomic E-state index is 11.8. The smallest absolute Gasteiger partial charge is 0.159 e. The number of allylic oxidation sites excluding steroid dienone is 2. The number of nitrogens with zero attached hydrogens (tertiary/aromatic N) is 1. The zero-order valence-electron chi connectivity index (χ0n) is 9.46. The maximum absolute atomic E-state index is 11.8. The molecule has 0 spiro atoms. The summed E-state index contributed by atoms with van der Waals surface area (Å²) in [6.07, 6.45) is 8.59. The molecule has 0 saturated heterocycles. The number of ketones is 1. The molecule has 0 radical (unpaired) electrons. The predicted molar refractivity (Wildman–Crippen MR) is 60.2 cm³/mol. The second-order valence-corrected chi connectivity index (χ2v) is 4.22. The monoisotopic (exact) mass is 205 g/mol. The van der Waals surface area contributed by atoms with Crippen molar-refractivity contribution < 1.29 is 4.79 Å². The van der Waals surface area contributed by atoms with Crippen LogP contribution in [0.5, 0.6) is 0 Å². The summed E-state index contributed by atoms with van der Waals surface area (Å²) in [5.41, 5.74) is 0.970. The van der Waals surface area contributed by atoms with Crippen molar-refractivity contribution in [2.45, 2.75) is 51.9 Å². The van der Waals surface area contributed by atoms with E-state index in [9.17, 15) is 4.79 Å². The Hall–Kier alpha value is -1.10. The molecule has 2 heteroatoms. The lowest BCUT2D eigenvalue weighted by Crippen LogP contribution is -2.11. The van der Waals surface area contributed by atoms with Crippen molar-refractivity contribution in [3.05, 3.63) is 11.6 Å². The molecule has 82 valence electrons. The van der Waals surface area contributed by atoms with Crippen molar-refractivity contribution in [2.75, 3.05) is 0 Å². The average molecular weight is 205 g/mol. The van der Waals surface area contributed by atoms with E-state index < -0.39 is 0 Å². The molecule has 0 aromatic rings. The third kappa shape index (κ3) is 3.87. The molecule has 0 bridgehead atoms. The van der Waals surface area contributed by atoms with Gasteiger partial charge in [-0.15, -0.1) is 0 Å². The fourth-order valence-electron chi connectivity index (χ4n) is 2.01. The summed E-state index contributed by atoms with van der Waals surface area (Å²) >= 11 is 0. The first-order valence-corrected chi connectivity index (χ1v) is 5.89. The van der Waals surface area contributed by atoms with Gasteiger partial charge in [-0.1, -0.05) is 19.4 Å². The third-order valence-electron chi connectivity index (χ3n) is 2.90. The predicted octanol–water partition coefficient (Wildman–Crippen LogP) is 3.39. The van der Waals surface area contributed by atoms with Gasteiger partial charge in [-0.05, 0) is 37.7 Å². The third-order valence-corrected chi connectivity index (χ3v) is 2.90. The minimum Gasteiger partial charge on any atom is -0.295 e. The zero-order chi connectivity index (χ0) is 11.1. The van der Waals surface area contributed by atoms with Crippen molar-refractivity contribution in [1.82, 2.24) is 0 Å². The Morgan fingerprint density at radius 1 is 1.60 bits per heavy atom. The number of hydrogen-bond donors (Lipinski definition) is 0. The Bertz CT molecular complexity index is 285. The molecular weight excluding hydrogens is 186 g/mol. The van der Waals surface area contributed by atoms with Crippen molar-refractivity contribution in [1.29, 1.82) is 5.26 Å². The van der Waals surface area contributed by atoms with E-state index in [1.165, 1.54) is 6.42 Å². The maximum Gasteiger partial charge on any atom is 0.159 e. The van der Waals surface area contributed by atoms with Gasteiger partial charge in [0.05, 0.1) is 12.0 Å². The van der Waals surface area contributed by atoms with Gasteiger partial charge >= 0.3 is 0 Å². The van der Waals surface area contributed by atoms with E-state index in [1.54, 1.807) is 0 Å². The highest BCUT2D eigenvalue weighted by Crippen LogP contribution is 2.21. The molecule has 0 fully saturated rings. The molecule has 1 rings (SSSR count). The van der Waals surface area contributed by atoms with Crippen LogP contribution in [0.3, 0.4) is 0 Å². The van der Waals surface area contributed by atoms with E-state index in [0.29, 0.717) is 6.42 Å². The molecule has 1 aliphatic rings. The standard InChI is InChI=1S/C13H19NO/c1-2-6-11(10-14)9-13(15)12-7-4-3-5-8-12/h7,11H,2-6,8-9H2,1H3/t11-/m0/s1. The highest BCUT2D eigenvalue weighted by molar-refractivity contribution is 5.95. The van der Waals surface area contributed by atoms with Gasteiger partial charge in [0, 0.05) is 6.42 Å². The van der Waals surface area contributed by atoms with Crippen LogP contribution in [-0.4, -0.2) is 5.78 Å². The summed E-state index contributed by atoms with van der Waals surface area (Å²) in [5.74, 6) is 0.125. The summed E-state index contributed by atoms with van der Waals surface area (Å²) in [7, 11) is 0. The number of Topliss-reactive ketones (excluding diaryl/α,β-unsaturated/α-hetero) is 1. The molecule has 2 nitrogen and oxygen atoms in total. The van der Waals surface area contributed by atoms with Gasteiger partial charge in [0.25, 0.3) is 0 Å². The summed E-state index contributed by atoms with van der Waals surface area (Å²) in [5, 5.41) is 8.88. The zero-order valence-corrected chi connectivity index (χ0v) is 9.46. The van der Waals surface area contributed by atoms with Crippen LogP contribution >= 0.6 is 0 Å². The van der Waals surface area contributed by atoms with Crippen LogP contribution in [0, 0.1) is 17.2 Å². The second kappa shape index (κ2) is 6.40. The van der Waals surface area contributed by atoms with Crippen LogP contribution in [0.4, 0.5) is 0 Å². The van der Waals surface area contributed by atoms with E-state index in [4.69, 9.17) is 5.26 Å². The van der Waals surface area contributed by atoms with Gasteiger partial charge in [-0.25, -0.2) is 0 Å². The first-order valence-electron chi connectivity index (χ1n) is 5.89. The second-order valence-electron chi connectivity index (χ2n) is 4.22. The van der Waals surface area contributed by atoms with Crippen molar-refractivity contribution >= 4 is 5.78 Å². The Labute approximate surface area is 92.0 Å². The molecular formula is C13H19NO.